The first-order valence-electron chi connectivity index (χ1n) is 5.93. The van der Waals surface area contributed by atoms with Crippen molar-refractivity contribution < 1.29 is 4.74 Å². The van der Waals surface area contributed by atoms with E-state index in [1.54, 1.807) is 7.11 Å². The van der Waals surface area contributed by atoms with Crippen LogP contribution in [0.5, 0.6) is 0 Å². The van der Waals surface area contributed by atoms with E-state index >= 15 is 0 Å². The van der Waals surface area contributed by atoms with E-state index in [1.165, 1.54) is 0 Å². The molecular weight excluding hydrogens is 216 g/mol. The number of hydrogen-bond acceptors (Lipinski definition) is 5. The van der Waals surface area contributed by atoms with Crippen molar-refractivity contribution in [2.75, 3.05) is 37.9 Å². The normalized spacial score (nSPS) is 10.6. The zero-order valence-electron chi connectivity index (χ0n) is 11.2. The Morgan fingerprint density at radius 3 is 2.65 bits per heavy atom. The van der Waals surface area contributed by atoms with Crippen molar-refractivity contribution in [3.63, 3.8) is 0 Å². The Bertz CT molecular complexity index is 368. The molecule has 0 amide bonds. The number of likely N-dealkylation sites (N-methyl/N-ethyl adjacent to an activating group) is 1. The molecule has 0 spiro atoms. The fourth-order valence-electron chi connectivity index (χ4n) is 1.61. The first kappa shape index (κ1) is 13.7. The fourth-order valence-corrected chi connectivity index (χ4v) is 1.61. The third-order valence-electron chi connectivity index (χ3n) is 2.67. The van der Waals surface area contributed by atoms with Crippen molar-refractivity contribution in [3.05, 3.63) is 11.4 Å². The molecule has 0 saturated heterocycles. The van der Waals surface area contributed by atoms with E-state index in [9.17, 15) is 0 Å². The molecule has 2 N–H and O–H groups in total. The molecule has 0 aromatic carbocycles. The van der Waals surface area contributed by atoms with Crippen molar-refractivity contribution >= 4 is 11.6 Å². The Morgan fingerprint density at radius 1 is 1.35 bits per heavy atom. The fraction of sp³-hybridized carbons (Fsp3) is 0.667. The molecule has 0 aliphatic rings. The number of nitrogens with two attached hydrogens (primary N) is 1. The molecule has 0 atom stereocenters. The van der Waals surface area contributed by atoms with Gasteiger partial charge in [-0.25, -0.2) is 9.97 Å². The van der Waals surface area contributed by atoms with Crippen LogP contribution in [0.1, 0.15) is 24.7 Å². The predicted octanol–water partition coefficient (Wildman–Crippen LogP) is 1.40. The van der Waals surface area contributed by atoms with Crippen LogP contribution in [-0.4, -0.2) is 37.3 Å². The number of nitrogen functional groups attached to an aromatic ring is 1. The summed E-state index contributed by atoms with van der Waals surface area (Å²) in [6.45, 7) is 5.51. The molecule has 0 unspecified atom stereocenters. The van der Waals surface area contributed by atoms with Crippen LogP contribution in [-0.2, 0) is 11.2 Å². The average Bonchev–Trinajstić information content (AvgIpc) is 2.30. The van der Waals surface area contributed by atoms with Gasteiger partial charge in [0.15, 0.2) is 0 Å². The van der Waals surface area contributed by atoms with Gasteiger partial charge in [0, 0.05) is 32.7 Å². The second-order valence-electron chi connectivity index (χ2n) is 4.14. The van der Waals surface area contributed by atoms with Gasteiger partial charge in [-0.3, -0.25) is 0 Å². The Kier molecular flexibility index (Phi) is 5.15. The highest BCUT2D eigenvalue weighted by Crippen LogP contribution is 2.20. The molecule has 1 heterocycles. The van der Waals surface area contributed by atoms with Gasteiger partial charge in [-0.1, -0.05) is 6.92 Å². The van der Waals surface area contributed by atoms with Crippen molar-refractivity contribution in [1.82, 2.24) is 9.97 Å². The highest BCUT2D eigenvalue weighted by atomic mass is 16.5. The lowest BCUT2D eigenvalue weighted by atomic mass is 10.2. The molecule has 96 valence electrons. The molecule has 0 radical (unpaired) electrons. The predicted molar refractivity (Wildman–Crippen MR) is 70.3 cm³/mol. The average molecular weight is 238 g/mol. The smallest absolute Gasteiger partial charge is 0.137 e. The Morgan fingerprint density at radius 2 is 2.06 bits per heavy atom. The molecule has 5 nitrogen and oxygen atoms in total. The maximum atomic E-state index is 5.91. The van der Waals surface area contributed by atoms with Gasteiger partial charge in [0.2, 0.25) is 0 Å². The number of rotatable bonds is 6. The lowest BCUT2D eigenvalue weighted by Crippen LogP contribution is -2.25. The van der Waals surface area contributed by atoms with Gasteiger partial charge in [0.25, 0.3) is 0 Å². The summed E-state index contributed by atoms with van der Waals surface area (Å²) in [4.78, 5) is 10.9. The van der Waals surface area contributed by atoms with E-state index in [1.807, 2.05) is 14.0 Å². The SMILES string of the molecule is CCCc1nc(N)c(C)c(N(C)CCOC)n1. The van der Waals surface area contributed by atoms with E-state index < -0.39 is 0 Å². The molecule has 0 aliphatic heterocycles. The van der Waals surface area contributed by atoms with Crippen molar-refractivity contribution in [2.24, 2.45) is 0 Å². The molecule has 0 bridgehead atoms. The first-order chi connectivity index (χ1) is 8.10. The summed E-state index contributed by atoms with van der Waals surface area (Å²) in [6.07, 6.45) is 1.87. The number of nitrogens with zero attached hydrogens (tertiary/aromatic N) is 3. The Labute approximate surface area is 103 Å². The molecule has 17 heavy (non-hydrogen) atoms. The van der Waals surface area contributed by atoms with Gasteiger partial charge in [0.05, 0.1) is 6.61 Å². The van der Waals surface area contributed by atoms with E-state index in [2.05, 4.69) is 21.8 Å². The van der Waals surface area contributed by atoms with E-state index in [-0.39, 0.29) is 0 Å². The van der Waals surface area contributed by atoms with Gasteiger partial charge >= 0.3 is 0 Å². The van der Waals surface area contributed by atoms with Crippen molar-refractivity contribution in [3.8, 4) is 0 Å². The number of hydrogen-bond donors (Lipinski definition) is 1. The molecular formula is C12H22N4O. The largest absolute Gasteiger partial charge is 0.383 e. The van der Waals surface area contributed by atoms with Crippen LogP contribution in [0.2, 0.25) is 0 Å². The second-order valence-corrected chi connectivity index (χ2v) is 4.14. The summed E-state index contributed by atoms with van der Waals surface area (Å²) in [7, 11) is 3.68. The monoisotopic (exact) mass is 238 g/mol. The Hall–Kier alpha value is -1.36. The Balaban J connectivity index is 2.95. The van der Waals surface area contributed by atoms with Crippen LogP contribution in [0.15, 0.2) is 0 Å². The highest BCUT2D eigenvalue weighted by molar-refractivity contribution is 5.56. The lowest BCUT2D eigenvalue weighted by Gasteiger charge is -2.21. The quantitative estimate of drug-likeness (QED) is 0.811. The maximum absolute atomic E-state index is 5.91. The number of aryl methyl sites for hydroxylation is 1. The molecule has 0 saturated carbocycles. The number of anilines is 2. The van der Waals surface area contributed by atoms with Gasteiger partial charge < -0.3 is 15.4 Å². The van der Waals surface area contributed by atoms with Gasteiger partial charge in [-0.15, -0.1) is 0 Å². The number of aromatic nitrogens is 2. The van der Waals surface area contributed by atoms with E-state index in [0.717, 1.165) is 36.6 Å². The molecule has 1 aromatic rings. The highest BCUT2D eigenvalue weighted by Gasteiger charge is 2.11. The topological polar surface area (TPSA) is 64.3 Å². The minimum absolute atomic E-state index is 0.572. The second kappa shape index (κ2) is 6.39. The summed E-state index contributed by atoms with van der Waals surface area (Å²) < 4.78 is 5.07. The van der Waals surface area contributed by atoms with Crippen molar-refractivity contribution in [1.29, 1.82) is 0 Å². The first-order valence-corrected chi connectivity index (χ1v) is 5.93. The number of methoxy groups -OCH3 is 1. The lowest BCUT2D eigenvalue weighted by molar-refractivity contribution is 0.206. The van der Waals surface area contributed by atoms with Crippen LogP contribution in [0, 0.1) is 6.92 Å². The zero-order chi connectivity index (χ0) is 12.8. The summed E-state index contributed by atoms with van der Waals surface area (Å²) in [5.74, 6) is 2.29. The molecule has 0 fully saturated rings. The third kappa shape index (κ3) is 3.56. The zero-order valence-corrected chi connectivity index (χ0v) is 11.2. The molecule has 1 rings (SSSR count). The van der Waals surface area contributed by atoms with E-state index in [4.69, 9.17) is 10.5 Å². The third-order valence-corrected chi connectivity index (χ3v) is 2.67. The summed E-state index contributed by atoms with van der Waals surface area (Å²) in [5, 5.41) is 0. The molecule has 0 aliphatic carbocycles. The summed E-state index contributed by atoms with van der Waals surface area (Å²) in [6, 6.07) is 0. The van der Waals surface area contributed by atoms with Crippen LogP contribution in [0.25, 0.3) is 0 Å². The van der Waals surface area contributed by atoms with E-state index in [0.29, 0.717) is 12.4 Å². The summed E-state index contributed by atoms with van der Waals surface area (Å²) in [5.41, 5.74) is 6.84. The minimum atomic E-state index is 0.572. The molecule has 1 aromatic heterocycles. The maximum Gasteiger partial charge on any atom is 0.137 e. The van der Waals surface area contributed by atoms with Gasteiger partial charge in [0.1, 0.15) is 17.5 Å². The van der Waals surface area contributed by atoms with Gasteiger partial charge in [-0.2, -0.15) is 0 Å². The summed E-state index contributed by atoms with van der Waals surface area (Å²) >= 11 is 0. The van der Waals surface area contributed by atoms with Crippen LogP contribution >= 0.6 is 0 Å². The van der Waals surface area contributed by atoms with Crippen molar-refractivity contribution in [2.45, 2.75) is 26.7 Å². The standard InChI is InChI=1S/C12H22N4O/c1-5-6-10-14-11(13)9(2)12(15-10)16(3)7-8-17-4/h5-8H2,1-4H3,(H2,13,14,15). The minimum Gasteiger partial charge on any atom is -0.383 e. The van der Waals surface area contributed by atoms with Crippen LogP contribution in [0.4, 0.5) is 11.6 Å². The number of ether oxygens (including phenoxy) is 1. The van der Waals surface area contributed by atoms with Crippen LogP contribution in [0.3, 0.4) is 0 Å². The molecule has 5 heteroatoms. The van der Waals surface area contributed by atoms with Gasteiger partial charge in [-0.05, 0) is 13.3 Å². The van der Waals surface area contributed by atoms with Crippen LogP contribution < -0.4 is 10.6 Å².